The third-order valence-corrected chi connectivity index (χ3v) is 5.94. The maximum Gasteiger partial charge on any atom is 0.319 e. The molecule has 3 N–H and O–H groups in total. The molecule has 4 rings (SSSR count). The van der Waals surface area contributed by atoms with Gasteiger partial charge in [-0.3, -0.25) is 4.90 Å². The number of anilines is 2. The lowest BCUT2D eigenvalue weighted by atomic mass is 9.78. The molecule has 0 saturated heterocycles. The van der Waals surface area contributed by atoms with E-state index in [1.54, 1.807) is 4.90 Å². The molecule has 1 heterocycles. The predicted molar refractivity (Wildman–Crippen MR) is 107 cm³/mol. The molecule has 0 unspecified atom stereocenters. The van der Waals surface area contributed by atoms with Crippen molar-refractivity contribution in [1.82, 2.24) is 0 Å². The number of nitrogens with two attached hydrogens (primary N) is 1. The van der Waals surface area contributed by atoms with Crippen molar-refractivity contribution >= 4 is 17.4 Å². The molecule has 1 aliphatic heterocycles. The molecule has 0 bridgehead atoms. The van der Waals surface area contributed by atoms with Crippen LogP contribution in [0.2, 0.25) is 0 Å². The summed E-state index contributed by atoms with van der Waals surface area (Å²) in [6.07, 6.45) is 5.72. The lowest BCUT2D eigenvalue weighted by Gasteiger charge is -2.32. The van der Waals surface area contributed by atoms with Crippen LogP contribution in [0.4, 0.5) is 16.2 Å². The van der Waals surface area contributed by atoms with Crippen LogP contribution in [0.3, 0.4) is 0 Å². The van der Waals surface area contributed by atoms with Crippen LogP contribution in [-0.2, 0) is 6.42 Å². The van der Waals surface area contributed by atoms with Crippen molar-refractivity contribution in [2.24, 2.45) is 11.7 Å². The molecular formula is C22H27N3O. The summed E-state index contributed by atoms with van der Waals surface area (Å²) in [5.41, 5.74) is 10.5. The van der Waals surface area contributed by atoms with E-state index in [4.69, 9.17) is 5.73 Å². The third-order valence-electron chi connectivity index (χ3n) is 5.94. The van der Waals surface area contributed by atoms with E-state index in [9.17, 15) is 4.79 Å². The maximum atomic E-state index is 12.1. The van der Waals surface area contributed by atoms with E-state index in [1.165, 1.54) is 24.0 Å². The summed E-state index contributed by atoms with van der Waals surface area (Å²) in [4.78, 5) is 13.8. The number of fused-ring (bicyclic) bond motifs is 1. The molecule has 2 aliphatic rings. The second-order valence-electron chi connectivity index (χ2n) is 7.60. The van der Waals surface area contributed by atoms with Crippen LogP contribution < -0.4 is 16.0 Å². The molecule has 2 aromatic carbocycles. The number of nitrogens with one attached hydrogen (secondary N) is 1. The Balaban J connectivity index is 1.41. The molecule has 26 heavy (non-hydrogen) atoms. The Morgan fingerprint density at radius 1 is 1.08 bits per heavy atom. The summed E-state index contributed by atoms with van der Waals surface area (Å²) in [6.45, 7) is 1.69. The Labute approximate surface area is 155 Å². The van der Waals surface area contributed by atoms with E-state index in [0.29, 0.717) is 11.8 Å². The van der Waals surface area contributed by atoms with Crippen LogP contribution in [0.5, 0.6) is 0 Å². The topological polar surface area (TPSA) is 58.4 Å². The second kappa shape index (κ2) is 7.40. The van der Waals surface area contributed by atoms with E-state index >= 15 is 0 Å². The fourth-order valence-electron chi connectivity index (χ4n) is 4.43. The summed E-state index contributed by atoms with van der Waals surface area (Å²) >= 11 is 0. The van der Waals surface area contributed by atoms with Crippen LogP contribution in [0.15, 0.2) is 48.5 Å². The van der Waals surface area contributed by atoms with E-state index in [2.05, 4.69) is 47.8 Å². The van der Waals surface area contributed by atoms with E-state index in [-0.39, 0.29) is 6.03 Å². The van der Waals surface area contributed by atoms with Crippen LogP contribution in [0.1, 0.15) is 42.7 Å². The summed E-state index contributed by atoms with van der Waals surface area (Å²) < 4.78 is 0. The number of benzene rings is 2. The van der Waals surface area contributed by atoms with Crippen LogP contribution in [0, 0.1) is 5.92 Å². The molecule has 4 heteroatoms. The molecule has 0 atom stereocenters. The van der Waals surface area contributed by atoms with Crippen molar-refractivity contribution in [1.29, 1.82) is 0 Å². The highest BCUT2D eigenvalue weighted by atomic mass is 16.2. The van der Waals surface area contributed by atoms with E-state index in [1.807, 2.05) is 6.07 Å². The van der Waals surface area contributed by atoms with Gasteiger partial charge in [-0.2, -0.15) is 0 Å². The zero-order valence-corrected chi connectivity index (χ0v) is 15.2. The van der Waals surface area contributed by atoms with Gasteiger partial charge < -0.3 is 11.1 Å². The first-order valence-electron chi connectivity index (χ1n) is 9.69. The van der Waals surface area contributed by atoms with Gasteiger partial charge in [-0.1, -0.05) is 36.4 Å². The van der Waals surface area contributed by atoms with Gasteiger partial charge in [0, 0.05) is 24.5 Å². The maximum absolute atomic E-state index is 12.1. The molecule has 1 saturated carbocycles. The molecule has 0 radical (unpaired) electrons. The third kappa shape index (κ3) is 3.55. The van der Waals surface area contributed by atoms with Gasteiger partial charge in [-0.25, -0.2) is 4.79 Å². The number of urea groups is 1. The highest BCUT2D eigenvalue weighted by Crippen LogP contribution is 2.37. The Kier molecular flexibility index (Phi) is 4.83. The summed E-state index contributed by atoms with van der Waals surface area (Å²) in [5, 5.41) is 3.38. The first kappa shape index (κ1) is 17.0. The van der Waals surface area contributed by atoms with Gasteiger partial charge in [0.25, 0.3) is 0 Å². The number of nitrogens with zero attached hydrogens (tertiary/aromatic N) is 1. The van der Waals surface area contributed by atoms with Crippen LogP contribution >= 0.6 is 0 Å². The van der Waals surface area contributed by atoms with Crippen LogP contribution in [-0.4, -0.2) is 19.1 Å². The molecular weight excluding hydrogens is 322 g/mol. The second-order valence-corrected chi connectivity index (χ2v) is 7.60. The first-order valence-corrected chi connectivity index (χ1v) is 9.69. The van der Waals surface area contributed by atoms with Crippen molar-refractivity contribution in [3.05, 3.63) is 59.7 Å². The largest absolute Gasteiger partial charge is 0.384 e. The molecule has 0 spiro atoms. The predicted octanol–water partition coefficient (Wildman–Crippen LogP) is 4.51. The quantitative estimate of drug-likeness (QED) is 0.853. The van der Waals surface area contributed by atoms with Gasteiger partial charge in [-0.15, -0.1) is 0 Å². The van der Waals surface area contributed by atoms with E-state index in [0.717, 1.165) is 43.7 Å². The monoisotopic (exact) mass is 349 g/mol. The smallest absolute Gasteiger partial charge is 0.319 e. The van der Waals surface area contributed by atoms with Crippen molar-refractivity contribution in [2.45, 2.75) is 38.0 Å². The summed E-state index contributed by atoms with van der Waals surface area (Å²) in [6, 6.07) is 16.7. The average molecular weight is 349 g/mol. The van der Waals surface area contributed by atoms with Gasteiger partial charge in [0.05, 0.1) is 0 Å². The molecule has 1 aliphatic carbocycles. The number of carbonyl (C=O) groups excluding carboxylic acids is 1. The lowest BCUT2D eigenvalue weighted by molar-refractivity contribution is 0.250. The highest BCUT2D eigenvalue weighted by molar-refractivity contribution is 5.91. The summed E-state index contributed by atoms with van der Waals surface area (Å²) in [5.74, 6) is 1.17. The molecule has 136 valence electrons. The Morgan fingerprint density at radius 3 is 2.58 bits per heavy atom. The van der Waals surface area contributed by atoms with Crippen molar-refractivity contribution in [2.75, 3.05) is 23.3 Å². The molecule has 1 fully saturated rings. The molecule has 2 aromatic rings. The number of amides is 2. The lowest BCUT2D eigenvalue weighted by Crippen LogP contribution is -2.40. The van der Waals surface area contributed by atoms with Gasteiger partial charge in [0.1, 0.15) is 0 Å². The molecule has 0 aromatic heterocycles. The Hall–Kier alpha value is -2.49. The Bertz CT molecular complexity index is 766. The zero-order chi connectivity index (χ0) is 17.9. The minimum absolute atomic E-state index is 0.354. The first-order chi connectivity index (χ1) is 12.7. The SMILES string of the molecule is NC(=O)N(CC1CCC(c2ccccc2)CC1)c1ccc2c(c1)NCC2. The number of carbonyl (C=O) groups is 1. The standard InChI is InChI=1S/C22H27N3O/c23-22(26)25(20-11-10-19-12-13-24-21(19)14-20)15-16-6-8-18(9-7-16)17-4-2-1-3-5-17/h1-5,10-11,14,16,18,24H,6-9,12-13,15H2,(H2,23,26). The Morgan fingerprint density at radius 2 is 1.85 bits per heavy atom. The minimum Gasteiger partial charge on any atom is -0.384 e. The normalized spacial score (nSPS) is 21.7. The average Bonchev–Trinajstić information content (AvgIpc) is 3.15. The number of hydrogen-bond donors (Lipinski definition) is 2. The fourth-order valence-corrected chi connectivity index (χ4v) is 4.43. The van der Waals surface area contributed by atoms with E-state index < -0.39 is 0 Å². The van der Waals surface area contributed by atoms with Crippen molar-refractivity contribution in [3.63, 3.8) is 0 Å². The van der Waals surface area contributed by atoms with Gasteiger partial charge in [0.2, 0.25) is 0 Å². The number of hydrogen-bond acceptors (Lipinski definition) is 2. The summed E-state index contributed by atoms with van der Waals surface area (Å²) in [7, 11) is 0. The van der Waals surface area contributed by atoms with Crippen molar-refractivity contribution < 1.29 is 4.79 Å². The zero-order valence-electron chi connectivity index (χ0n) is 15.2. The van der Waals surface area contributed by atoms with Gasteiger partial charge in [0.15, 0.2) is 0 Å². The molecule has 4 nitrogen and oxygen atoms in total. The molecule has 2 amide bonds. The van der Waals surface area contributed by atoms with Gasteiger partial charge >= 0.3 is 6.03 Å². The fraction of sp³-hybridized carbons (Fsp3) is 0.409. The van der Waals surface area contributed by atoms with Gasteiger partial charge in [-0.05, 0) is 67.2 Å². The van der Waals surface area contributed by atoms with Crippen LogP contribution in [0.25, 0.3) is 0 Å². The number of rotatable bonds is 4. The highest BCUT2D eigenvalue weighted by Gasteiger charge is 2.26. The number of primary amides is 1. The minimum atomic E-state index is -0.354. The van der Waals surface area contributed by atoms with Crippen molar-refractivity contribution in [3.8, 4) is 0 Å².